The normalized spacial score (nSPS) is 13.3. The van der Waals surface area contributed by atoms with Crippen LogP contribution >= 0.6 is 0 Å². The molecule has 2 heterocycles. The number of hydrogen-bond donors (Lipinski definition) is 2. The number of H-pyrrole nitrogens is 1. The lowest BCUT2D eigenvalue weighted by Gasteiger charge is -2.32. The van der Waals surface area contributed by atoms with E-state index in [0.29, 0.717) is 25.1 Å². The summed E-state index contributed by atoms with van der Waals surface area (Å²) in [5.74, 6) is 0.792. The Kier molecular flexibility index (Phi) is 7.23. The zero-order valence-corrected chi connectivity index (χ0v) is 19.2. The zero-order valence-electron chi connectivity index (χ0n) is 19.2. The number of aliphatic hydroxyl groups is 1. The van der Waals surface area contributed by atoms with Crippen molar-refractivity contribution in [3.05, 3.63) is 51.6 Å². The average Bonchev–Trinajstić information content (AvgIpc) is 3.21. The lowest BCUT2D eigenvalue weighted by Crippen LogP contribution is -2.36. The Labute approximate surface area is 183 Å². The monoisotopic (exact) mass is 426 g/mol. The number of tetrazole rings is 1. The van der Waals surface area contributed by atoms with Crippen LogP contribution in [0.4, 0.5) is 0 Å². The lowest BCUT2D eigenvalue weighted by atomic mass is 10.0. The highest BCUT2D eigenvalue weighted by atomic mass is 16.3. The minimum atomic E-state index is -0.259. The summed E-state index contributed by atoms with van der Waals surface area (Å²) in [5, 5.41) is 23.1. The van der Waals surface area contributed by atoms with E-state index in [-0.39, 0.29) is 23.7 Å². The number of nitrogens with zero attached hydrogens (tertiary/aromatic N) is 5. The Balaban J connectivity index is 2.02. The van der Waals surface area contributed by atoms with Crippen LogP contribution in [0.1, 0.15) is 70.0 Å². The molecule has 0 amide bonds. The van der Waals surface area contributed by atoms with E-state index in [2.05, 4.69) is 53.1 Å². The molecule has 1 aromatic carbocycles. The van der Waals surface area contributed by atoms with Crippen molar-refractivity contribution in [2.24, 2.45) is 0 Å². The first-order chi connectivity index (χ1) is 14.8. The van der Waals surface area contributed by atoms with Crippen LogP contribution in [0.15, 0.2) is 29.1 Å². The molecule has 1 atom stereocenters. The molecule has 0 saturated carbocycles. The predicted molar refractivity (Wildman–Crippen MR) is 122 cm³/mol. The Bertz CT molecular complexity index is 1070. The first kappa shape index (κ1) is 23.1. The van der Waals surface area contributed by atoms with E-state index in [4.69, 9.17) is 0 Å². The Morgan fingerprint density at radius 3 is 2.74 bits per heavy atom. The van der Waals surface area contributed by atoms with Gasteiger partial charge in [0.05, 0.1) is 17.1 Å². The van der Waals surface area contributed by atoms with Crippen molar-refractivity contribution in [3.63, 3.8) is 0 Å². The third-order valence-electron chi connectivity index (χ3n) is 5.57. The van der Waals surface area contributed by atoms with Gasteiger partial charge >= 0.3 is 0 Å². The molecule has 0 spiro atoms. The largest absolute Gasteiger partial charge is 0.396 e. The standard InChI is InChI=1S/C23H34N6O2/c1-6-9-19(21-25-26-27-29(21)23(3,4)5)28(12-8-13-30)15-18-14-17-11-7-10-16(2)20(17)24-22(18)31/h7,10-11,14,19,30H,6,8-9,12-13,15H2,1-5H3,(H,24,31)/t19-/m0/s1. The fourth-order valence-corrected chi connectivity index (χ4v) is 4.01. The molecule has 3 rings (SSSR count). The molecule has 0 aliphatic rings. The number of pyridine rings is 1. The zero-order chi connectivity index (χ0) is 22.6. The minimum Gasteiger partial charge on any atom is -0.396 e. The van der Waals surface area contributed by atoms with E-state index in [1.54, 1.807) is 0 Å². The third kappa shape index (κ3) is 5.19. The van der Waals surface area contributed by atoms with Gasteiger partial charge in [-0.25, -0.2) is 4.68 Å². The van der Waals surface area contributed by atoms with Gasteiger partial charge in [-0.15, -0.1) is 5.10 Å². The van der Waals surface area contributed by atoms with Gasteiger partial charge in [-0.1, -0.05) is 31.5 Å². The van der Waals surface area contributed by atoms with Crippen molar-refractivity contribution in [2.45, 2.75) is 72.0 Å². The van der Waals surface area contributed by atoms with Crippen LogP contribution in [-0.2, 0) is 12.1 Å². The number of hydrogen-bond acceptors (Lipinski definition) is 6. The number of aryl methyl sites for hydroxylation is 1. The van der Waals surface area contributed by atoms with Crippen LogP contribution in [0.25, 0.3) is 10.9 Å². The average molecular weight is 427 g/mol. The summed E-state index contributed by atoms with van der Waals surface area (Å²) >= 11 is 0. The summed E-state index contributed by atoms with van der Waals surface area (Å²) in [6.45, 7) is 11.5. The predicted octanol–water partition coefficient (Wildman–Crippen LogP) is 3.30. The molecule has 3 aromatic rings. The molecular weight excluding hydrogens is 392 g/mol. The molecule has 8 nitrogen and oxygen atoms in total. The van der Waals surface area contributed by atoms with Crippen LogP contribution < -0.4 is 5.56 Å². The van der Waals surface area contributed by atoms with Gasteiger partial charge in [-0.05, 0) is 68.0 Å². The molecule has 0 fully saturated rings. The van der Waals surface area contributed by atoms with Gasteiger partial charge in [0.25, 0.3) is 5.56 Å². The molecular formula is C23H34N6O2. The highest BCUT2D eigenvalue weighted by Gasteiger charge is 2.30. The van der Waals surface area contributed by atoms with Gasteiger partial charge in [-0.3, -0.25) is 9.69 Å². The number of rotatable bonds is 9. The number of benzene rings is 1. The number of aromatic amines is 1. The molecule has 168 valence electrons. The molecule has 0 unspecified atom stereocenters. The third-order valence-corrected chi connectivity index (χ3v) is 5.57. The Morgan fingerprint density at radius 2 is 2.06 bits per heavy atom. The molecule has 0 bridgehead atoms. The van der Waals surface area contributed by atoms with Gasteiger partial charge in [0, 0.05) is 25.3 Å². The molecule has 2 aromatic heterocycles. The van der Waals surface area contributed by atoms with Crippen LogP contribution in [0.2, 0.25) is 0 Å². The summed E-state index contributed by atoms with van der Waals surface area (Å²) in [4.78, 5) is 18.2. The van der Waals surface area contributed by atoms with Crippen molar-refractivity contribution in [3.8, 4) is 0 Å². The number of para-hydroxylation sites is 1. The highest BCUT2D eigenvalue weighted by molar-refractivity contribution is 5.81. The van der Waals surface area contributed by atoms with Gasteiger partial charge in [0.1, 0.15) is 0 Å². The van der Waals surface area contributed by atoms with E-state index >= 15 is 0 Å². The van der Waals surface area contributed by atoms with Crippen molar-refractivity contribution in [2.75, 3.05) is 13.2 Å². The number of aliphatic hydroxyl groups excluding tert-OH is 1. The maximum atomic E-state index is 12.9. The summed E-state index contributed by atoms with van der Waals surface area (Å²) in [7, 11) is 0. The molecule has 8 heteroatoms. The van der Waals surface area contributed by atoms with Gasteiger partial charge in [0.15, 0.2) is 5.82 Å². The second-order valence-corrected chi connectivity index (χ2v) is 9.13. The summed E-state index contributed by atoms with van der Waals surface area (Å²) < 4.78 is 1.87. The molecule has 0 saturated heterocycles. The topological polar surface area (TPSA) is 99.9 Å². The maximum absolute atomic E-state index is 12.9. The number of aromatic nitrogens is 5. The van der Waals surface area contributed by atoms with Crippen molar-refractivity contribution in [1.82, 2.24) is 30.1 Å². The summed E-state index contributed by atoms with van der Waals surface area (Å²) in [5.41, 5.74) is 2.28. The first-order valence-corrected chi connectivity index (χ1v) is 11.0. The van der Waals surface area contributed by atoms with Crippen molar-refractivity contribution < 1.29 is 5.11 Å². The minimum absolute atomic E-state index is 0.0571. The molecule has 0 aliphatic heterocycles. The summed E-state index contributed by atoms with van der Waals surface area (Å²) in [6, 6.07) is 7.93. The van der Waals surface area contributed by atoms with Gasteiger partial charge in [0.2, 0.25) is 0 Å². The Hall–Kier alpha value is -2.58. The highest BCUT2D eigenvalue weighted by Crippen LogP contribution is 2.29. The van der Waals surface area contributed by atoms with E-state index in [9.17, 15) is 9.90 Å². The first-order valence-electron chi connectivity index (χ1n) is 11.0. The molecule has 2 N–H and O–H groups in total. The van der Waals surface area contributed by atoms with E-state index in [0.717, 1.165) is 35.1 Å². The fourth-order valence-electron chi connectivity index (χ4n) is 4.01. The van der Waals surface area contributed by atoms with E-state index < -0.39 is 0 Å². The van der Waals surface area contributed by atoms with Crippen LogP contribution in [0, 0.1) is 6.92 Å². The van der Waals surface area contributed by atoms with Crippen LogP contribution in [0.5, 0.6) is 0 Å². The second-order valence-electron chi connectivity index (χ2n) is 9.13. The molecule has 0 aliphatic carbocycles. The van der Waals surface area contributed by atoms with Crippen LogP contribution in [-0.4, -0.2) is 48.3 Å². The lowest BCUT2D eigenvalue weighted by molar-refractivity contribution is 0.142. The van der Waals surface area contributed by atoms with Gasteiger partial charge < -0.3 is 10.1 Å². The van der Waals surface area contributed by atoms with E-state index in [1.807, 2.05) is 35.9 Å². The van der Waals surface area contributed by atoms with Crippen molar-refractivity contribution in [1.29, 1.82) is 0 Å². The van der Waals surface area contributed by atoms with Gasteiger partial charge in [-0.2, -0.15) is 0 Å². The van der Waals surface area contributed by atoms with E-state index in [1.165, 1.54) is 0 Å². The second kappa shape index (κ2) is 9.70. The van der Waals surface area contributed by atoms with Crippen molar-refractivity contribution >= 4 is 10.9 Å². The molecule has 0 radical (unpaired) electrons. The summed E-state index contributed by atoms with van der Waals surface area (Å²) in [6.07, 6.45) is 2.42. The van der Waals surface area contributed by atoms with Crippen LogP contribution in [0.3, 0.4) is 0 Å². The smallest absolute Gasteiger partial charge is 0.252 e. The molecule has 31 heavy (non-hydrogen) atoms. The Morgan fingerprint density at radius 1 is 1.29 bits per heavy atom. The quantitative estimate of drug-likeness (QED) is 0.545. The number of fused-ring (bicyclic) bond motifs is 1. The maximum Gasteiger partial charge on any atom is 0.252 e. The number of nitrogens with one attached hydrogen (secondary N) is 1. The fraction of sp³-hybridized carbons (Fsp3) is 0.565. The SMILES string of the molecule is CCC[C@@H](c1nnnn1C(C)(C)C)N(CCCO)Cc1cc2cccc(C)c2[nH]c1=O.